The second kappa shape index (κ2) is 5.13. The molecule has 0 atom stereocenters. The van der Waals surface area contributed by atoms with Crippen LogP contribution in [0.25, 0.3) is 0 Å². The van der Waals surface area contributed by atoms with Gasteiger partial charge in [0, 0.05) is 24.6 Å². The smallest absolute Gasteiger partial charge is 0.245 e. The number of carbonyl (C=O) groups excluding carboxylic acids is 1. The number of amides is 1. The van der Waals surface area contributed by atoms with Crippen LogP contribution in [0.4, 0.5) is 0 Å². The maximum atomic E-state index is 12.8. The Kier molecular flexibility index (Phi) is 3.96. The highest BCUT2D eigenvalue weighted by atomic mass is 79.9. The van der Waals surface area contributed by atoms with E-state index in [0.29, 0.717) is 17.6 Å². The van der Waals surface area contributed by atoms with E-state index in [2.05, 4.69) is 15.9 Å². The molecule has 0 N–H and O–H groups in total. The third-order valence-corrected chi connectivity index (χ3v) is 6.62. The Hall–Kier alpha value is -0.920. The Labute approximate surface area is 127 Å². The molecule has 0 radical (unpaired) electrons. The van der Waals surface area contributed by atoms with Crippen LogP contribution in [0.1, 0.15) is 13.8 Å². The normalized spacial score (nSPS) is 20.2. The highest BCUT2D eigenvalue weighted by Crippen LogP contribution is 2.32. The number of hydrogen-bond donors (Lipinski definition) is 0. The zero-order valence-corrected chi connectivity index (χ0v) is 14.0. The quantitative estimate of drug-likeness (QED) is 0.806. The maximum Gasteiger partial charge on any atom is 0.245 e. The van der Waals surface area contributed by atoms with E-state index >= 15 is 0 Å². The van der Waals surface area contributed by atoms with Crippen molar-refractivity contribution < 1.29 is 13.2 Å². The number of sulfonamides is 1. The van der Waals surface area contributed by atoms with Crippen LogP contribution in [-0.2, 0) is 14.8 Å². The third kappa shape index (κ3) is 2.38. The lowest BCUT2D eigenvalue weighted by Gasteiger charge is -2.43. The average molecular weight is 361 g/mol. The maximum absolute atomic E-state index is 12.8. The molecular weight excluding hydrogens is 344 g/mol. The lowest BCUT2D eigenvalue weighted by Crippen LogP contribution is -2.63. The summed E-state index contributed by atoms with van der Waals surface area (Å²) in [5.74, 6) is -0.195. The molecule has 1 aliphatic heterocycles. The molecule has 2 rings (SSSR count). The predicted octanol–water partition coefficient (Wildman–Crippen LogP) is 1.69. The molecule has 110 valence electrons. The number of halogens is 1. The van der Waals surface area contributed by atoms with Crippen LogP contribution in [0.5, 0.6) is 0 Å². The van der Waals surface area contributed by atoms with E-state index in [4.69, 9.17) is 0 Å². The molecule has 1 amide bonds. The minimum absolute atomic E-state index is 0.186. The topological polar surface area (TPSA) is 57.7 Å². The van der Waals surface area contributed by atoms with E-state index in [1.165, 1.54) is 10.4 Å². The van der Waals surface area contributed by atoms with Gasteiger partial charge >= 0.3 is 0 Å². The van der Waals surface area contributed by atoms with Crippen LogP contribution in [0.3, 0.4) is 0 Å². The number of rotatable bonds is 2. The number of carbonyl (C=O) groups is 1. The van der Waals surface area contributed by atoms with Crippen molar-refractivity contribution in [3.8, 4) is 0 Å². The van der Waals surface area contributed by atoms with Gasteiger partial charge < -0.3 is 4.90 Å². The highest BCUT2D eigenvalue weighted by molar-refractivity contribution is 9.10. The Morgan fingerprint density at radius 3 is 2.40 bits per heavy atom. The van der Waals surface area contributed by atoms with Crippen LogP contribution < -0.4 is 0 Å². The van der Waals surface area contributed by atoms with Crippen molar-refractivity contribution in [2.75, 3.05) is 20.1 Å². The molecular formula is C13H17BrN2O3S. The minimum Gasteiger partial charge on any atom is -0.343 e. The van der Waals surface area contributed by atoms with Crippen LogP contribution in [0.15, 0.2) is 33.6 Å². The standard InChI is InChI=1S/C13H17BrN2O3S/c1-13(2)12(17)15(3)8-9-16(13)20(18,19)11-7-5-4-6-10(11)14/h4-7H,8-9H2,1-3H3. The molecule has 0 unspecified atom stereocenters. The first-order chi connectivity index (χ1) is 9.19. The van der Waals surface area contributed by atoms with E-state index in [1.807, 2.05) is 0 Å². The Balaban J connectivity index is 2.50. The number of likely N-dealkylation sites (N-methyl/N-ethyl adjacent to an activating group) is 1. The van der Waals surface area contributed by atoms with Crippen LogP contribution >= 0.6 is 15.9 Å². The van der Waals surface area contributed by atoms with Gasteiger partial charge in [0.1, 0.15) is 5.54 Å². The van der Waals surface area contributed by atoms with E-state index in [1.54, 1.807) is 44.0 Å². The summed E-state index contributed by atoms with van der Waals surface area (Å²) < 4.78 is 27.4. The predicted molar refractivity (Wildman–Crippen MR) is 79.7 cm³/mol. The van der Waals surface area contributed by atoms with Gasteiger partial charge in [-0.15, -0.1) is 0 Å². The summed E-state index contributed by atoms with van der Waals surface area (Å²) in [6.45, 7) is 3.96. The fraction of sp³-hybridized carbons (Fsp3) is 0.462. The van der Waals surface area contributed by atoms with Gasteiger partial charge in [-0.25, -0.2) is 8.42 Å². The van der Waals surface area contributed by atoms with Crippen molar-refractivity contribution in [3.63, 3.8) is 0 Å². The van der Waals surface area contributed by atoms with Gasteiger partial charge in [0.2, 0.25) is 15.9 Å². The van der Waals surface area contributed by atoms with Gasteiger partial charge in [0.15, 0.2) is 0 Å². The Morgan fingerprint density at radius 2 is 1.80 bits per heavy atom. The lowest BCUT2D eigenvalue weighted by atomic mass is 10.0. The molecule has 1 fully saturated rings. The van der Waals surface area contributed by atoms with E-state index in [0.717, 1.165) is 0 Å². The van der Waals surface area contributed by atoms with E-state index < -0.39 is 15.6 Å². The fourth-order valence-corrected chi connectivity index (χ4v) is 5.09. The molecule has 0 bridgehead atoms. The van der Waals surface area contributed by atoms with Gasteiger partial charge in [0.05, 0.1) is 4.90 Å². The molecule has 0 saturated carbocycles. The van der Waals surface area contributed by atoms with Gasteiger partial charge in [-0.05, 0) is 41.9 Å². The Bertz CT molecular complexity index is 643. The molecule has 0 aliphatic carbocycles. The third-order valence-electron chi connectivity index (χ3n) is 3.54. The summed E-state index contributed by atoms with van der Waals surface area (Å²) >= 11 is 3.26. The molecule has 1 aliphatic rings. The second-order valence-electron chi connectivity index (χ2n) is 5.29. The molecule has 1 heterocycles. The van der Waals surface area contributed by atoms with Crippen molar-refractivity contribution in [3.05, 3.63) is 28.7 Å². The number of hydrogen-bond acceptors (Lipinski definition) is 3. The van der Waals surface area contributed by atoms with Crippen LogP contribution in [0, 0.1) is 0 Å². The monoisotopic (exact) mass is 360 g/mol. The number of benzene rings is 1. The van der Waals surface area contributed by atoms with Crippen LogP contribution in [0.2, 0.25) is 0 Å². The van der Waals surface area contributed by atoms with E-state index in [9.17, 15) is 13.2 Å². The van der Waals surface area contributed by atoms with Gasteiger partial charge in [-0.3, -0.25) is 4.79 Å². The lowest BCUT2D eigenvalue weighted by molar-refractivity contribution is -0.142. The zero-order chi connectivity index (χ0) is 15.1. The highest BCUT2D eigenvalue weighted by Gasteiger charge is 2.47. The average Bonchev–Trinajstić information content (AvgIpc) is 2.36. The van der Waals surface area contributed by atoms with Crippen molar-refractivity contribution in [1.82, 2.24) is 9.21 Å². The minimum atomic E-state index is -3.72. The van der Waals surface area contributed by atoms with Crippen molar-refractivity contribution >= 4 is 31.9 Å². The largest absolute Gasteiger partial charge is 0.343 e. The van der Waals surface area contributed by atoms with Crippen molar-refractivity contribution in [1.29, 1.82) is 0 Å². The molecule has 0 spiro atoms. The molecule has 5 nitrogen and oxygen atoms in total. The van der Waals surface area contributed by atoms with E-state index in [-0.39, 0.29) is 10.8 Å². The summed E-state index contributed by atoms with van der Waals surface area (Å²) in [7, 11) is -2.03. The second-order valence-corrected chi connectivity index (χ2v) is 7.98. The van der Waals surface area contributed by atoms with Gasteiger partial charge in [-0.1, -0.05) is 12.1 Å². The molecule has 0 aromatic heterocycles. The first-order valence-corrected chi connectivity index (χ1v) is 8.45. The molecule has 1 aromatic carbocycles. The first kappa shape index (κ1) is 15.5. The summed E-state index contributed by atoms with van der Waals surface area (Å²) in [5, 5.41) is 0. The Morgan fingerprint density at radius 1 is 1.20 bits per heavy atom. The summed E-state index contributed by atoms with van der Waals surface area (Å²) in [6.07, 6.45) is 0. The summed E-state index contributed by atoms with van der Waals surface area (Å²) in [6, 6.07) is 6.64. The summed E-state index contributed by atoms with van der Waals surface area (Å²) in [4.78, 5) is 14.0. The van der Waals surface area contributed by atoms with Gasteiger partial charge in [0.25, 0.3) is 0 Å². The fourth-order valence-electron chi connectivity index (χ4n) is 2.39. The molecule has 20 heavy (non-hydrogen) atoms. The van der Waals surface area contributed by atoms with Crippen molar-refractivity contribution in [2.45, 2.75) is 24.3 Å². The molecule has 1 aromatic rings. The number of piperazine rings is 1. The first-order valence-electron chi connectivity index (χ1n) is 6.22. The van der Waals surface area contributed by atoms with Gasteiger partial charge in [-0.2, -0.15) is 4.31 Å². The zero-order valence-electron chi connectivity index (χ0n) is 11.6. The SMILES string of the molecule is CN1CCN(S(=O)(=O)c2ccccc2Br)C(C)(C)C1=O. The summed E-state index contributed by atoms with van der Waals surface area (Å²) in [5.41, 5.74) is -1.08. The number of nitrogens with zero attached hydrogens (tertiary/aromatic N) is 2. The van der Waals surface area contributed by atoms with Crippen molar-refractivity contribution in [2.24, 2.45) is 0 Å². The van der Waals surface area contributed by atoms with Crippen LogP contribution in [-0.4, -0.2) is 49.2 Å². The molecule has 1 saturated heterocycles. The molecule has 7 heteroatoms.